The van der Waals surface area contributed by atoms with E-state index in [9.17, 15) is 4.79 Å². The predicted octanol–water partition coefficient (Wildman–Crippen LogP) is 3.37. The Hall–Kier alpha value is -1.85. The minimum absolute atomic E-state index is 0.0500. The van der Waals surface area contributed by atoms with Gasteiger partial charge in [-0.25, -0.2) is 4.98 Å². The Bertz CT molecular complexity index is 697. The van der Waals surface area contributed by atoms with Crippen molar-refractivity contribution in [3.05, 3.63) is 41.4 Å². The molecule has 0 aliphatic heterocycles. The molecule has 2 N–H and O–H groups in total. The quantitative estimate of drug-likeness (QED) is 0.831. The Kier molecular flexibility index (Phi) is 6.02. The highest BCUT2D eigenvalue weighted by Crippen LogP contribution is 2.28. The van der Waals surface area contributed by atoms with Gasteiger partial charge in [0.1, 0.15) is 0 Å². The normalized spacial score (nSPS) is 11.5. The van der Waals surface area contributed by atoms with Gasteiger partial charge in [-0.15, -0.1) is 0 Å². The summed E-state index contributed by atoms with van der Waals surface area (Å²) in [6, 6.07) is 7.43. The predicted molar refractivity (Wildman–Crippen MR) is 95.7 cm³/mol. The van der Waals surface area contributed by atoms with Gasteiger partial charge in [0.05, 0.1) is 11.2 Å². The number of rotatable bonds is 7. The zero-order chi connectivity index (χ0) is 17.7. The van der Waals surface area contributed by atoms with Crippen LogP contribution in [0.5, 0.6) is 0 Å². The average molecular weight is 350 g/mol. The first-order valence-electron chi connectivity index (χ1n) is 7.96. The van der Waals surface area contributed by atoms with Crippen molar-refractivity contribution >= 4 is 17.5 Å². The molecule has 24 heavy (non-hydrogen) atoms. The number of aryl methyl sites for hydroxylation is 1. The largest absolute Gasteiger partial charge is 0.441 e. The molecule has 1 heterocycles. The minimum atomic E-state index is -0.0927. The monoisotopic (exact) mass is 349 g/mol. The van der Waals surface area contributed by atoms with Crippen molar-refractivity contribution in [2.24, 2.45) is 11.1 Å². The molecule has 0 saturated carbocycles. The van der Waals surface area contributed by atoms with Crippen LogP contribution in [0.25, 0.3) is 11.3 Å². The number of hydrogen-bond donors (Lipinski definition) is 1. The van der Waals surface area contributed by atoms with E-state index in [1.807, 2.05) is 32.0 Å². The number of halogens is 1. The fourth-order valence-corrected chi connectivity index (χ4v) is 2.64. The van der Waals surface area contributed by atoms with Crippen molar-refractivity contribution in [2.45, 2.75) is 26.7 Å². The van der Waals surface area contributed by atoms with Crippen molar-refractivity contribution in [2.75, 3.05) is 20.1 Å². The molecule has 0 unspecified atom stereocenters. The second kappa shape index (κ2) is 7.81. The lowest BCUT2D eigenvalue weighted by molar-refractivity contribution is -0.131. The highest BCUT2D eigenvalue weighted by atomic mass is 35.5. The molecule has 0 saturated heterocycles. The molecule has 6 heteroatoms. The van der Waals surface area contributed by atoms with Gasteiger partial charge in [0.15, 0.2) is 11.7 Å². The van der Waals surface area contributed by atoms with Gasteiger partial charge in [0.25, 0.3) is 0 Å². The summed E-state index contributed by atoms with van der Waals surface area (Å²) in [5, 5.41) is 0.611. The van der Waals surface area contributed by atoms with Crippen LogP contribution in [-0.4, -0.2) is 35.9 Å². The molecule has 0 aliphatic carbocycles. The van der Waals surface area contributed by atoms with Crippen molar-refractivity contribution in [1.82, 2.24) is 9.88 Å². The Balaban J connectivity index is 1.94. The summed E-state index contributed by atoms with van der Waals surface area (Å²) in [6.07, 6.45) is 2.44. The number of nitrogens with two attached hydrogens (primary N) is 1. The highest BCUT2D eigenvalue weighted by Gasteiger charge is 2.21. The molecule has 5 nitrogen and oxygen atoms in total. The summed E-state index contributed by atoms with van der Waals surface area (Å²) in [7, 11) is 1.80. The molecular weight excluding hydrogens is 326 g/mol. The Morgan fingerprint density at radius 3 is 2.75 bits per heavy atom. The molecule has 2 aromatic rings. The standard InChI is InChI=1S/C18H24ClN3O2/c1-18(2,11-20)12-22(3)17(23)9-8-16-21-10-15(24-16)13-6-4-5-7-14(13)19/h4-7,10H,8-9,11-12,20H2,1-3H3. The van der Waals surface area contributed by atoms with Crippen LogP contribution in [-0.2, 0) is 11.2 Å². The Labute approximate surface area is 147 Å². The van der Waals surface area contributed by atoms with E-state index >= 15 is 0 Å². The van der Waals surface area contributed by atoms with Crippen LogP contribution in [0.1, 0.15) is 26.2 Å². The first-order chi connectivity index (χ1) is 11.3. The van der Waals surface area contributed by atoms with Crippen LogP contribution >= 0.6 is 11.6 Å². The molecule has 1 aromatic carbocycles. The summed E-state index contributed by atoms with van der Waals surface area (Å²) < 4.78 is 5.72. The van der Waals surface area contributed by atoms with Gasteiger partial charge in [-0.1, -0.05) is 37.6 Å². The van der Waals surface area contributed by atoms with E-state index in [1.165, 1.54) is 0 Å². The summed E-state index contributed by atoms with van der Waals surface area (Å²) in [5.74, 6) is 1.19. The molecular formula is C18H24ClN3O2. The van der Waals surface area contributed by atoms with E-state index in [-0.39, 0.29) is 11.3 Å². The number of benzene rings is 1. The molecule has 0 bridgehead atoms. The highest BCUT2D eigenvalue weighted by molar-refractivity contribution is 6.33. The third kappa shape index (κ3) is 4.82. The Morgan fingerprint density at radius 1 is 1.38 bits per heavy atom. The maximum absolute atomic E-state index is 12.2. The van der Waals surface area contributed by atoms with Crippen LogP contribution in [0.4, 0.5) is 0 Å². The van der Waals surface area contributed by atoms with Crippen molar-refractivity contribution in [3.63, 3.8) is 0 Å². The van der Waals surface area contributed by atoms with Gasteiger partial charge in [0.2, 0.25) is 5.91 Å². The van der Waals surface area contributed by atoms with Crippen molar-refractivity contribution < 1.29 is 9.21 Å². The molecule has 0 spiro atoms. The third-order valence-corrected chi connectivity index (χ3v) is 4.22. The van der Waals surface area contributed by atoms with Crippen LogP contribution in [0, 0.1) is 5.41 Å². The minimum Gasteiger partial charge on any atom is -0.441 e. The number of oxazole rings is 1. The second-order valence-electron chi connectivity index (χ2n) is 6.72. The van der Waals surface area contributed by atoms with Crippen LogP contribution < -0.4 is 5.73 Å². The Morgan fingerprint density at radius 2 is 2.08 bits per heavy atom. The molecule has 0 fully saturated rings. The van der Waals surface area contributed by atoms with Gasteiger partial charge >= 0.3 is 0 Å². The summed E-state index contributed by atoms with van der Waals surface area (Å²) in [6.45, 7) is 5.24. The van der Waals surface area contributed by atoms with E-state index in [2.05, 4.69) is 4.98 Å². The third-order valence-electron chi connectivity index (χ3n) is 3.89. The van der Waals surface area contributed by atoms with Gasteiger partial charge in [0, 0.05) is 32.0 Å². The summed E-state index contributed by atoms with van der Waals surface area (Å²) in [5.41, 5.74) is 6.42. The van der Waals surface area contributed by atoms with E-state index in [0.717, 1.165) is 5.56 Å². The van der Waals surface area contributed by atoms with Crippen molar-refractivity contribution in [1.29, 1.82) is 0 Å². The summed E-state index contributed by atoms with van der Waals surface area (Å²) >= 11 is 6.15. The number of carbonyl (C=O) groups is 1. The van der Waals surface area contributed by atoms with Crippen molar-refractivity contribution in [3.8, 4) is 11.3 Å². The summed E-state index contributed by atoms with van der Waals surface area (Å²) in [4.78, 5) is 18.2. The average Bonchev–Trinajstić information content (AvgIpc) is 3.01. The van der Waals surface area contributed by atoms with Gasteiger partial charge in [-0.05, 0) is 24.1 Å². The van der Waals surface area contributed by atoms with E-state index < -0.39 is 0 Å². The van der Waals surface area contributed by atoms with E-state index in [0.29, 0.717) is 42.6 Å². The molecule has 0 radical (unpaired) electrons. The lowest BCUT2D eigenvalue weighted by Gasteiger charge is -2.29. The topological polar surface area (TPSA) is 72.4 Å². The lowest BCUT2D eigenvalue weighted by atomic mass is 9.93. The van der Waals surface area contributed by atoms with Gasteiger partial charge in [-0.3, -0.25) is 4.79 Å². The van der Waals surface area contributed by atoms with E-state index in [1.54, 1.807) is 24.2 Å². The number of aromatic nitrogens is 1. The fraction of sp³-hybridized carbons (Fsp3) is 0.444. The molecule has 1 amide bonds. The molecule has 0 aliphatic rings. The number of hydrogen-bond acceptors (Lipinski definition) is 4. The SMILES string of the molecule is CN(CC(C)(C)CN)C(=O)CCc1ncc(-c2ccccc2Cl)o1. The maximum atomic E-state index is 12.2. The molecule has 1 aromatic heterocycles. The number of amides is 1. The van der Waals surface area contributed by atoms with Gasteiger partial charge < -0.3 is 15.1 Å². The van der Waals surface area contributed by atoms with E-state index in [4.69, 9.17) is 21.8 Å². The number of carbonyl (C=O) groups excluding carboxylic acids is 1. The molecule has 0 atom stereocenters. The zero-order valence-electron chi connectivity index (χ0n) is 14.4. The molecule has 130 valence electrons. The second-order valence-corrected chi connectivity index (χ2v) is 7.12. The van der Waals surface area contributed by atoms with Crippen LogP contribution in [0.2, 0.25) is 5.02 Å². The van der Waals surface area contributed by atoms with Crippen LogP contribution in [0.3, 0.4) is 0 Å². The smallest absolute Gasteiger partial charge is 0.222 e. The molecule has 2 rings (SSSR count). The van der Waals surface area contributed by atoms with Crippen LogP contribution in [0.15, 0.2) is 34.9 Å². The zero-order valence-corrected chi connectivity index (χ0v) is 15.1. The lowest BCUT2D eigenvalue weighted by Crippen LogP contribution is -2.39. The first kappa shape index (κ1) is 18.5. The maximum Gasteiger partial charge on any atom is 0.222 e. The first-order valence-corrected chi connectivity index (χ1v) is 8.34. The number of nitrogens with zero attached hydrogens (tertiary/aromatic N) is 2. The fourth-order valence-electron chi connectivity index (χ4n) is 2.41. The van der Waals surface area contributed by atoms with Gasteiger partial charge in [-0.2, -0.15) is 0 Å².